The number of aryl methyl sites for hydroxylation is 1. The molecule has 114 valence electrons. The maximum absolute atomic E-state index is 6.09. The van der Waals surface area contributed by atoms with Crippen molar-refractivity contribution in [1.29, 1.82) is 0 Å². The number of allylic oxidation sites excluding steroid dienone is 2. The van der Waals surface area contributed by atoms with Crippen molar-refractivity contribution in [3.63, 3.8) is 0 Å². The van der Waals surface area contributed by atoms with E-state index in [1.165, 1.54) is 27.1 Å². The van der Waals surface area contributed by atoms with Gasteiger partial charge in [-0.05, 0) is 30.2 Å². The van der Waals surface area contributed by atoms with E-state index >= 15 is 0 Å². The maximum atomic E-state index is 6.09. The molecule has 3 N–H and O–H groups in total. The van der Waals surface area contributed by atoms with Gasteiger partial charge in [0.15, 0.2) is 0 Å². The van der Waals surface area contributed by atoms with Crippen LogP contribution in [0.3, 0.4) is 0 Å². The number of aromatic nitrogens is 1. The van der Waals surface area contributed by atoms with Crippen LogP contribution in [-0.2, 0) is 7.05 Å². The summed E-state index contributed by atoms with van der Waals surface area (Å²) < 4.78 is 2.27. The second kappa shape index (κ2) is 5.97. The highest BCUT2D eigenvalue weighted by molar-refractivity contribution is 7.99. The molecule has 1 aromatic heterocycles. The highest BCUT2D eigenvalue weighted by Gasteiger charge is 2.28. The fourth-order valence-electron chi connectivity index (χ4n) is 3.02. The van der Waals surface area contributed by atoms with Gasteiger partial charge < -0.3 is 15.6 Å². The van der Waals surface area contributed by atoms with Crippen molar-refractivity contribution in [2.45, 2.75) is 11.4 Å². The van der Waals surface area contributed by atoms with E-state index < -0.39 is 0 Å². The van der Waals surface area contributed by atoms with E-state index in [2.05, 4.69) is 54.4 Å². The molecule has 1 aromatic carbocycles. The number of nitrogens with one attached hydrogen (secondary N) is 1. The molecular formula is C18H21N3S. The van der Waals surface area contributed by atoms with Crippen LogP contribution in [0, 0.1) is 5.92 Å². The van der Waals surface area contributed by atoms with Crippen molar-refractivity contribution in [1.82, 2.24) is 9.88 Å². The smallest absolute Gasteiger partial charge is 0.0833 e. The van der Waals surface area contributed by atoms with Gasteiger partial charge in [0.05, 0.1) is 5.03 Å². The minimum Gasteiger partial charge on any atom is -0.401 e. The van der Waals surface area contributed by atoms with E-state index in [-0.39, 0.29) is 0 Å². The average Bonchev–Trinajstić information content (AvgIpc) is 2.82. The van der Waals surface area contributed by atoms with Crippen LogP contribution < -0.4 is 11.1 Å². The lowest BCUT2D eigenvalue weighted by Crippen LogP contribution is -2.16. The van der Waals surface area contributed by atoms with Crippen LogP contribution in [0.15, 0.2) is 60.5 Å². The number of rotatable bonds is 4. The van der Waals surface area contributed by atoms with Crippen molar-refractivity contribution in [2.75, 3.05) is 5.75 Å². The van der Waals surface area contributed by atoms with E-state index in [0.717, 1.165) is 17.9 Å². The average molecular weight is 311 g/mol. The summed E-state index contributed by atoms with van der Waals surface area (Å²) in [5.41, 5.74) is 10.7. The normalized spacial score (nSPS) is 18.3. The van der Waals surface area contributed by atoms with Gasteiger partial charge in [-0.3, -0.25) is 0 Å². The Labute approximate surface area is 135 Å². The van der Waals surface area contributed by atoms with Crippen molar-refractivity contribution < 1.29 is 0 Å². The lowest BCUT2D eigenvalue weighted by atomic mass is 9.91. The van der Waals surface area contributed by atoms with E-state index in [4.69, 9.17) is 5.73 Å². The standard InChI is InChI=1S/C18H21N3S/c1-4-20-10-14(19)9-13-11-22-18-17(12(13)2)15-7-5-6-8-16(15)21(18)3/h4-8,10,13,20H,1-2,9,11,19H2,3H3/b14-10-. The maximum Gasteiger partial charge on any atom is 0.0833 e. The Morgan fingerprint density at radius 3 is 3.05 bits per heavy atom. The Hall–Kier alpha value is -2.07. The third-order valence-corrected chi connectivity index (χ3v) is 5.48. The molecule has 0 aliphatic carbocycles. The summed E-state index contributed by atoms with van der Waals surface area (Å²) >= 11 is 1.90. The van der Waals surface area contributed by atoms with Crippen LogP contribution in [-0.4, -0.2) is 10.3 Å². The van der Waals surface area contributed by atoms with Crippen molar-refractivity contribution in [3.8, 4) is 0 Å². The topological polar surface area (TPSA) is 43.0 Å². The molecule has 4 heteroatoms. The van der Waals surface area contributed by atoms with Gasteiger partial charge in [0.2, 0.25) is 0 Å². The summed E-state index contributed by atoms with van der Waals surface area (Å²) in [7, 11) is 2.13. The lowest BCUT2D eigenvalue weighted by molar-refractivity contribution is 0.720. The van der Waals surface area contributed by atoms with Gasteiger partial charge in [-0.1, -0.05) is 31.4 Å². The van der Waals surface area contributed by atoms with Gasteiger partial charge in [0, 0.05) is 41.2 Å². The third kappa shape index (κ3) is 2.44. The Morgan fingerprint density at radius 1 is 1.50 bits per heavy atom. The molecule has 0 bridgehead atoms. The number of benzene rings is 1. The number of fused-ring (bicyclic) bond motifs is 3. The lowest BCUT2D eigenvalue weighted by Gasteiger charge is -2.25. The van der Waals surface area contributed by atoms with E-state index in [0.29, 0.717) is 5.92 Å². The van der Waals surface area contributed by atoms with Crippen molar-refractivity contribution in [3.05, 3.63) is 61.1 Å². The Balaban J connectivity index is 1.96. The first-order chi connectivity index (χ1) is 10.6. The third-order valence-electron chi connectivity index (χ3n) is 4.16. The molecule has 0 spiro atoms. The van der Waals surface area contributed by atoms with Crippen molar-refractivity contribution >= 4 is 28.2 Å². The summed E-state index contributed by atoms with van der Waals surface area (Å²) in [6, 6.07) is 8.52. The van der Waals surface area contributed by atoms with Gasteiger partial charge >= 0.3 is 0 Å². The molecule has 1 unspecified atom stereocenters. The molecule has 0 radical (unpaired) electrons. The Bertz CT molecular complexity index is 770. The van der Waals surface area contributed by atoms with E-state index in [9.17, 15) is 0 Å². The van der Waals surface area contributed by atoms with Crippen LogP contribution in [0.5, 0.6) is 0 Å². The molecule has 3 nitrogen and oxygen atoms in total. The summed E-state index contributed by atoms with van der Waals surface area (Å²) in [6.45, 7) is 8.01. The van der Waals surface area contributed by atoms with Gasteiger partial charge in [0.25, 0.3) is 0 Å². The molecule has 1 aliphatic rings. The molecule has 2 heterocycles. The fourth-order valence-corrected chi connectivity index (χ4v) is 4.38. The zero-order valence-electron chi connectivity index (χ0n) is 12.8. The van der Waals surface area contributed by atoms with Gasteiger partial charge in [-0.15, -0.1) is 11.8 Å². The number of hydrogen-bond acceptors (Lipinski definition) is 3. The van der Waals surface area contributed by atoms with Crippen LogP contribution in [0.1, 0.15) is 12.0 Å². The van der Waals surface area contributed by atoms with Crippen LogP contribution in [0.25, 0.3) is 16.5 Å². The van der Waals surface area contributed by atoms with Crippen LogP contribution in [0.2, 0.25) is 0 Å². The second-order valence-electron chi connectivity index (χ2n) is 5.58. The molecule has 1 atom stereocenters. The van der Waals surface area contributed by atoms with Crippen LogP contribution in [0.4, 0.5) is 0 Å². The summed E-state index contributed by atoms with van der Waals surface area (Å²) in [4.78, 5) is 0. The zero-order valence-corrected chi connectivity index (χ0v) is 13.6. The molecule has 0 saturated heterocycles. The zero-order chi connectivity index (χ0) is 15.7. The highest BCUT2D eigenvalue weighted by atomic mass is 32.2. The minimum absolute atomic E-state index is 0.367. The number of thioether (sulfide) groups is 1. The number of hydrogen-bond donors (Lipinski definition) is 2. The molecule has 0 fully saturated rings. The molecule has 1 aliphatic heterocycles. The first kappa shape index (κ1) is 14.9. The molecule has 3 rings (SSSR count). The number of para-hydroxylation sites is 1. The summed E-state index contributed by atoms with van der Waals surface area (Å²) in [6.07, 6.45) is 4.25. The van der Waals surface area contributed by atoms with Crippen LogP contribution >= 0.6 is 11.8 Å². The molecule has 0 saturated carbocycles. The largest absolute Gasteiger partial charge is 0.401 e. The fraction of sp³-hybridized carbons (Fsp3) is 0.222. The Morgan fingerprint density at radius 2 is 2.27 bits per heavy atom. The minimum atomic E-state index is 0.367. The SMILES string of the molecule is C=CN/C=C(\N)CC1CSc2c(c3ccccc3n2C)C1=C. The second-order valence-corrected chi connectivity index (χ2v) is 6.59. The predicted molar refractivity (Wildman–Crippen MR) is 96.4 cm³/mol. The molecule has 22 heavy (non-hydrogen) atoms. The summed E-state index contributed by atoms with van der Waals surface area (Å²) in [5.74, 6) is 1.38. The number of nitrogens with zero attached hydrogens (tertiary/aromatic N) is 1. The molecule has 2 aromatic rings. The quantitative estimate of drug-likeness (QED) is 0.901. The number of nitrogens with two attached hydrogens (primary N) is 1. The van der Waals surface area contributed by atoms with E-state index in [1.807, 2.05) is 18.0 Å². The first-order valence-electron chi connectivity index (χ1n) is 7.34. The van der Waals surface area contributed by atoms with Gasteiger partial charge in [-0.25, -0.2) is 0 Å². The summed E-state index contributed by atoms with van der Waals surface area (Å²) in [5, 5.41) is 5.54. The van der Waals surface area contributed by atoms with Gasteiger partial charge in [-0.2, -0.15) is 0 Å². The van der Waals surface area contributed by atoms with E-state index in [1.54, 1.807) is 6.20 Å². The first-order valence-corrected chi connectivity index (χ1v) is 8.33. The monoisotopic (exact) mass is 311 g/mol. The Kier molecular flexibility index (Phi) is 4.03. The van der Waals surface area contributed by atoms with Gasteiger partial charge in [0.1, 0.15) is 0 Å². The molecular weight excluding hydrogens is 290 g/mol. The molecule has 0 amide bonds. The predicted octanol–water partition coefficient (Wildman–Crippen LogP) is 3.84. The van der Waals surface area contributed by atoms with Crippen molar-refractivity contribution in [2.24, 2.45) is 18.7 Å². The highest BCUT2D eigenvalue weighted by Crippen LogP contribution is 2.46.